The van der Waals surface area contributed by atoms with Gasteiger partial charge in [0.2, 0.25) is 5.88 Å². The molecule has 1 heterocycles. The van der Waals surface area contributed by atoms with Crippen molar-refractivity contribution < 1.29 is 14.3 Å². The molecule has 2 rings (SSSR count). The molecule has 1 saturated carbocycles. The van der Waals surface area contributed by atoms with Crippen LogP contribution in [-0.2, 0) is 4.79 Å². The molecule has 1 aromatic heterocycles. The first-order chi connectivity index (χ1) is 7.38. The molecule has 0 atom stereocenters. The number of aromatic nitrogens is 1. The summed E-state index contributed by atoms with van der Waals surface area (Å²) in [5.41, 5.74) is 0. The summed E-state index contributed by atoms with van der Waals surface area (Å²) in [7, 11) is 0. The fraction of sp³-hybridized carbons (Fsp3) is 0.455. The van der Waals surface area contributed by atoms with Gasteiger partial charge in [0.05, 0.1) is 6.20 Å². The first kappa shape index (κ1) is 9.96. The molecule has 0 saturated heterocycles. The highest BCUT2D eigenvalue weighted by Crippen LogP contribution is 2.23. The van der Waals surface area contributed by atoms with Crippen LogP contribution in [0.2, 0.25) is 0 Å². The van der Waals surface area contributed by atoms with Crippen LogP contribution in [0, 0.1) is 0 Å². The number of rotatable bonds is 4. The van der Waals surface area contributed by atoms with Crippen LogP contribution in [0.3, 0.4) is 0 Å². The summed E-state index contributed by atoms with van der Waals surface area (Å²) in [5, 5.41) is 0. The molecule has 4 heteroatoms. The van der Waals surface area contributed by atoms with Crippen molar-refractivity contribution in [3.8, 4) is 11.6 Å². The van der Waals surface area contributed by atoms with Crippen LogP contribution < -0.4 is 9.47 Å². The molecule has 1 aromatic rings. The van der Waals surface area contributed by atoms with E-state index in [1.54, 1.807) is 12.1 Å². The molecular weight excluding hydrogens is 194 g/mol. The Bertz CT molecular complexity index is 317. The molecule has 0 radical (unpaired) electrons. The van der Waals surface area contributed by atoms with Gasteiger partial charge in [-0.3, -0.25) is 4.79 Å². The van der Waals surface area contributed by atoms with Crippen molar-refractivity contribution in [2.75, 3.05) is 0 Å². The molecule has 4 nitrogen and oxygen atoms in total. The molecule has 0 N–H and O–H groups in total. The Kier molecular flexibility index (Phi) is 3.17. The van der Waals surface area contributed by atoms with E-state index in [4.69, 9.17) is 4.74 Å². The SMILES string of the molecule is O=COc1ccc(OC2CCCC2)nc1. The Labute approximate surface area is 88.2 Å². The summed E-state index contributed by atoms with van der Waals surface area (Å²) in [6.07, 6.45) is 6.46. The van der Waals surface area contributed by atoms with E-state index in [0.29, 0.717) is 24.2 Å². The average Bonchev–Trinajstić information content (AvgIpc) is 2.74. The third kappa shape index (κ3) is 2.68. The van der Waals surface area contributed by atoms with E-state index in [0.717, 1.165) is 12.8 Å². The van der Waals surface area contributed by atoms with Crippen LogP contribution in [0.1, 0.15) is 25.7 Å². The maximum Gasteiger partial charge on any atom is 0.298 e. The molecule has 0 spiro atoms. The third-order valence-corrected chi connectivity index (χ3v) is 2.48. The second-order valence-electron chi connectivity index (χ2n) is 3.57. The van der Waals surface area contributed by atoms with Gasteiger partial charge >= 0.3 is 0 Å². The minimum atomic E-state index is 0.301. The highest BCUT2D eigenvalue weighted by molar-refractivity contribution is 5.44. The Hall–Kier alpha value is -1.58. The highest BCUT2D eigenvalue weighted by atomic mass is 16.5. The minimum absolute atomic E-state index is 0.301. The van der Waals surface area contributed by atoms with E-state index in [1.165, 1.54) is 19.0 Å². The lowest BCUT2D eigenvalue weighted by Crippen LogP contribution is -2.11. The average molecular weight is 207 g/mol. The van der Waals surface area contributed by atoms with Crippen LogP contribution in [0.4, 0.5) is 0 Å². The van der Waals surface area contributed by atoms with Crippen molar-refractivity contribution in [1.82, 2.24) is 4.98 Å². The maximum absolute atomic E-state index is 10.1. The van der Waals surface area contributed by atoms with Gasteiger partial charge in [-0.05, 0) is 31.7 Å². The smallest absolute Gasteiger partial charge is 0.298 e. The molecule has 15 heavy (non-hydrogen) atoms. The molecule has 0 bridgehead atoms. The van der Waals surface area contributed by atoms with E-state index in [9.17, 15) is 4.79 Å². The molecule has 0 amide bonds. The molecule has 1 aliphatic rings. The Morgan fingerprint density at radius 1 is 1.33 bits per heavy atom. The Morgan fingerprint density at radius 2 is 2.13 bits per heavy atom. The number of ether oxygens (including phenoxy) is 2. The van der Waals surface area contributed by atoms with Crippen molar-refractivity contribution in [1.29, 1.82) is 0 Å². The van der Waals surface area contributed by atoms with E-state index < -0.39 is 0 Å². The summed E-state index contributed by atoms with van der Waals surface area (Å²) in [4.78, 5) is 14.1. The number of carbonyl (C=O) groups is 1. The summed E-state index contributed by atoms with van der Waals surface area (Å²) in [6.45, 7) is 0.383. The van der Waals surface area contributed by atoms with Gasteiger partial charge in [0, 0.05) is 6.07 Å². The minimum Gasteiger partial charge on any atom is -0.474 e. The second-order valence-corrected chi connectivity index (χ2v) is 3.57. The van der Waals surface area contributed by atoms with E-state index >= 15 is 0 Å². The number of hydrogen-bond donors (Lipinski definition) is 0. The highest BCUT2D eigenvalue weighted by Gasteiger charge is 2.16. The van der Waals surface area contributed by atoms with E-state index in [2.05, 4.69) is 9.72 Å². The molecule has 0 aliphatic heterocycles. The van der Waals surface area contributed by atoms with Gasteiger partial charge in [-0.2, -0.15) is 0 Å². The molecular formula is C11H13NO3. The van der Waals surface area contributed by atoms with Gasteiger partial charge in [0.15, 0.2) is 0 Å². The standard InChI is InChI=1S/C11H13NO3/c13-8-14-10-5-6-11(12-7-10)15-9-3-1-2-4-9/h5-9H,1-4H2. The molecule has 0 aromatic carbocycles. The van der Waals surface area contributed by atoms with Crippen molar-refractivity contribution >= 4 is 6.47 Å². The first-order valence-electron chi connectivity index (χ1n) is 5.11. The van der Waals surface area contributed by atoms with Crippen LogP contribution in [-0.4, -0.2) is 17.6 Å². The fourth-order valence-electron chi connectivity index (χ4n) is 1.74. The van der Waals surface area contributed by atoms with E-state index in [1.807, 2.05) is 0 Å². The van der Waals surface area contributed by atoms with Gasteiger partial charge in [0.25, 0.3) is 6.47 Å². The van der Waals surface area contributed by atoms with Crippen molar-refractivity contribution in [3.63, 3.8) is 0 Å². The lowest BCUT2D eigenvalue weighted by molar-refractivity contribution is -0.120. The van der Waals surface area contributed by atoms with Gasteiger partial charge in [-0.15, -0.1) is 0 Å². The van der Waals surface area contributed by atoms with Gasteiger partial charge in [-0.25, -0.2) is 4.98 Å². The zero-order valence-corrected chi connectivity index (χ0v) is 8.39. The predicted molar refractivity (Wildman–Crippen MR) is 53.8 cm³/mol. The zero-order valence-electron chi connectivity index (χ0n) is 8.39. The summed E-state index contributed by atoms with van der Waals surface area (Å²) >= 11 is 0. The van der Waals surface area contributed by atoms with Crippen molar-refractivity contribution in [2.24, 2.45) is 0 Å². The molecule has 0 unspecified atom stereocenters. The predicted octanol–water partition coefficient (Wildman–Crippen LogP) is 1.94. The van der Waals surface area contributed by atoms with Gasteiger partial charge in [-0.1, -0.05) is 0 Å². The van der Waals surface area contributed by atoms with Crippen LogP contribution in [0.25, 0.3) is 0 Å². The van der Waals surface area contributed by atoms with Gasteiger partial charge < -0.3 is 9.47 Å². The Balaban J connectivity index is 1.93. The monoisotopic (exact) mass is 207 g/mol. The number of nitrogens with zero attached hydrogens (tertiary/aromatic N) is 1. The van der Waals surface area contributed by atoms with Crippen molar-refractivity contribution in [2.45, 2.75) is 31.8 Å². The Morgan fingerprint density at radius 3 is 2.73 bits per heavy atom. The first-order valence-corrected chi connectivity index (χ1v) is 5.11. The number of carbonyl (C=O) groups excluding carboxylic acids is 1. The van der Waals surface area contributed by atoms with Crippen molar-refractivity contribution in [3.05, 3.63) is 18.3 Å². The van der Waals surface area contributed by atoms with Crippen LogP contribution in [0.5, 0.6) is 11.6 Å². The normalized spacial score (nSPS) is 16.3. The second kappa shape index (κ2) is 4.77. The molecule has 1 aliphatic carbocycles. The largest absolute Gasteiger partial charge is 0.474 e. The van der Waals surface area contributed by atoms with Crippen LogP contribution >= 0.6 is 0 Å². The quantitative estimate of drug-likeness (QED) is 0.708. The third-order valence-electron chi connectivity index (χ3n) is 2.48. The lowest BCUT2D eigenvalue weighted by atomic mass is 10.3. The number of pyridine rings is 1. The summed E-state index contributed by atoms with van der Waals surface area (Å²) in [6, 6.07) is 3.39. The lowest BCUT2D eigenvalue weighted by Gasteiger charge is -2.11. The maximum atomic E-state index is 10.1. The summed E-state index contributed by atoms with van der Waals surface area (Å²) < 4.78 is 10.3. The number of hydrogen-bond acceptors (Lipinski definition) is 4. The van der Waals surface area contributed by atoms with Gasteiger partial charge in [0.1, 0.15) is 11.9 Å². The fourth-order valence-corrected chi connectivity index (χ4v) is 1.74. The van der Waals surface area contributed by atoms with E-state index in [-0.39, 0.29) is 0 Å². The zero-order chi connectivity index (χ0) is 10.5. The molecule has 1 fully saturated rings. The summed E-state index contributed by atoms with van der Waals surface area (Å²) in [5.74, 6) is 1.03. The van der Waals surface area contributed by atoms with Crippen LogP contribution in [0.15, 0.2) is 18.3 Å². The topological polar surface area (TPSA) is 48.4 Å². The molecule has 80 valence electrons.